The Morgan fingerprint density at radius 1 is 1.70 bits per heavy atom. The molecule has 0 aromatic heterocycles. The van der Waals surface area contributed by atoms with Gasteiger partial charge in [0.25, 0.3) is 0 Å². The van der Waals surface area contributed by atoms with E-state index in [-0.39, 0.29) is 0 Å². The number of rotatable bonds is 1. The van der Waals surface area contributed by atoms with Crippen molar-refractivity contribution < 1.29 is 9.90 Å². The molecule has 1 aromatic rings. The van der Waals surface area contributed by atoms with Crippen molar-refractivity contribution in [2.75, 3.05) is 0 Å². The second-order valence-electron chi connectivity index (χ2n) is 2.05. The minimum Gasteiger partial charge on any atom is -0.478 e. The van der Waals surface area contributed by atoms with Gasteiger partial charge in [-0.2, -0.15) is 0 Å². The van der Waals surface area contributed by atoms with E-state index in [1.807, 2.05) is 0 Å². The van der Waals surface area contributed by atoms with Crippen LogP contribution in [-0.4, -0.2) is 11.1 Å². The molecule has 1 rings (SSSR count). The Hall–Kier alpha value is -1.31. The Bertz CT molecular complexity index is 253. The Morgan fingerprint density at radius 2 is 2.40 bits per heavy atom. The summed E-state index contributed by atoms with van der Waals surface area (Å²) in [7, 11) is 0. The molecule has 0 atom stereocenters. The van der Waals surface area contributed by atoms with Crippen LogP contribution in [0.1, 0.15) is 15.9 Å². The van der Waals surface area contributed by atoms with Crippen molar-refractivity contribution in [3.8, 4) is 0 Å². The molecule has 10 heavy (non-hydrogen) atoms. The topological polar surface area (TPSA) is 37.3 Å². The van der Waals surface area contributed by atoms with E-state index in [1.165, 1.54) is 6.07 Å². The molecule has 0 bridgehead atoms. The van der Waals surface area contributed by atoms with Crippen molar-refractivity contribution in [2.24, 2.45) is 0 Å². The van der Waals surface area contributed by atoms with Crippen molar-refractivity contribution in [1.29, 1.82) is 0 Å². The van der Waals surface area contributed by atoms with Crippen LogP contribution >= 0.6 is 0 Å². The van der Waals surface area contributed by atoms with Gasteiger partial charge in [0.15, 0.2) is 0 Å². The summed E-state index contributed by atoms with van der Waals surface area (Å²) >= 11 is 0. The Balaban J connectivity index is 3.15. The molecule has 0 saturated carbocycles. The fraction of sp³-hybridized carbons (Fsp3) is 0.125. The van der Waals surface area contributed by atoms with Crippen LogP contribution in [0.2, 0.25) is 0 Å². The van der Waals surface area contributed by atoms with E-state index in [9.17, 15) is 4.79 Å². The number of aromatic carboxylic acids is 1. The van der Waals surface area contributed by atoms with Crippen LogP contribution in [0.15, 0.2) is 18.2 Å². The molecule has 2 nitrogen and oxygen atoms in total. The van der Waals surface area contributed by atoms with Crippen LogP contribution in [0.5, 0.6) is 0 Å². The molecule has 2 heteroatoms. The van der Waals surface area contributed by atoms with E-state index < -0.39 is 5.97 Å². The maximum atomic E-state index is 10.4. The first-order valence-corrected chi connectivity index (χ1v) is 2.92. The fourth-order valence-corrected chi connectivity index (χ4v) is 0.739. The fourth-order valence-electron chi connectivity index (χ4n) is 0.739. The van der Waals surface area contributed by atoms with Crippen LogP contribution in [0, 0.1) is 13.0 Å². The number of hydrogen-bond donors (Lipinski definition) is 1. The molecule has 1 aromatic carbocycles. The van der Waals surface area contributed by atoms with E-state index >= 15 is 0 Å². The molecule has 0 aliphatic heterocycles. The smallest absolute Gasteiger partial charge is 0.335 e. The minimum atomic E-state index is -0.894. The predicted octanol–water partition coefficient (Wildman–Crippen LogP) is 1.49. The quantitative estimate of drug-likeness (QED) is 0.633. The maximum Gasteiger partial charge on any atom is 0.335 e. The summed E-state index contributed by atoms with van der Waals surface area (Å²) in [6.45, 7) is 1.76. The molecular weight excluding hydrogens is 128 g/mol. The van der Waals surface area contributed by atoms with Crippen LogP contribution in [0.3, 0.4) is 0 Å². The van der Waals surface area contributed by atoms with Crippen molar-refractivity contribution in [3.05, 3.63) is 35.4 Å². The third-order valence-electron chi connectivity index (χ3n) is 1.31. The highest BCUT2D eigenvalue weighted by atomic mass is 16.4. The molecule has 0 amide bonds. The van der Waals surface area contributed by atoms with Crippen molar-refractivity contribution >= 4 is 5.97 Å². The molecule has 0 spiro atoms. The molecule has 0 unspecified atom stereocenters. The first-order chi connectivity index (χ1) is 4.72. The molecular formula is C8H7O2. The van der Waals surface area contributed by atoms with Crippen LogP contribution in [0.25, 0.3) is 0 Å². The van der Waals surface area contributed by atoms with Gasteiger partial charge in [-0.15, -0.1) is 0 Å². The lowest BCUT2D eigenvalue weighted by Gasteiger charge is -1.95. The van der Waals surface area contributed by atoms with E-state index in [1.54, 1.807) is 19.1 Å². The van der Waals surface area contributed by atoms with Gasteiger partial charge in [-0.3, -0.25) is 0 Å². The van der Waals surface area contributed by atoms with E-state index in [2.05, 4.69) is 6.07 Å². The van der Waals surface area contributed by atoms with Gasteiger partial charge >= 0.3 is 5.97 Å². The van der Waals surface area contributed by atoms with Gasteiger partial charge < -0.3 is 5.11 Å². The number of hydrogen-bond acceptors (Lipinski definition) is 1. The van der Waals surface area contributed by atoms with Gasteiger partial charge in [0, 0.05) is 0 Å². The van der Waals surface area contributed by atoms with E-state index in [4.69, 9.17) is 5.11 Å². The van der Waals surface area contributed by atoms with Gasteiger partial charge in [0.05, 0.1) is 5.56 Å². The molecule has 0 fully saturated rings. The van der Waals surface area contributed by atoms with Gasteiger partial charge in [-0.1, -0.05) is 12.1 Å². The highest BCUT2D eigenvalue weighted by molar-refractivity contribution is 5.89. The third kappa shape index (κ3) is 1.16. The van der Waals surface area contributed by atoms with Crippen molar-refractivity contribution in [3.63, 3.8) is 0 Å². The molecule has 1 N–H and O–H groups in total. The van der Waals surface area contributed by atoms with E-state index in [0.29, 0.717) is 5.56 Å². The summed E-state index contributed by atoms with van der Waals surface area (Å²) in [6, 6.07) is 7.59. The Morgan fingerprint density at radius 3 is 2.80 bits per heavy atom. The highest BCUT2D eigenvalue weighted by Crippen LogP contribution is 2.04. The van der Waals surface area contributed by atoms with Crippen LogP contribution < -0.4 is 0 Å². The summed E-state index contributed by atoms with van der Waals surface area (Å²) in [5.74, 6) is -0.894. The van der Waals surface area contributed by atoms with Gasteiger partial charge in [-0.25, -0.2) is 4.79 Å². The Kier molecular flexibility index (Phi) is 1.71. The second kappa shape index (κ2) is 2.52. The zero-order valence-corrected chi connectivity index (χ0v) is 5.59. The summed E-state index contributed by atoms with van der Waals surface area (Å²) in [5.41, 5.74) is 1.09. The normalized spacial score (nSPS) is 9.30. The first kappa shape index (κ1) is 6.81. The third-order valence-corrected chi connectivity index (χ3v) is 1.31. The second-order valence-corrected chi connectivity index (χ2v) is 2.05. The molecule has 0 saturated heterocycles. The highest BCUT2D eigenvalue weighted by Gasteiger charge is 2.03. The zero-order valence-electron chi connectivity index (χ0n) is 5.59. The van der Waals surface area contributed by atoms with Gasteiger partial charge in [0.2, 0.25) is 0 Å². The number of carboxylic acid groups (broad SMARTS) is 1. The van der Waals surface area contributed by atoms with E-state index in [0.717, 1.165) is 5.56 Å². The van der Waals surface area contributed by atoms with Crippen LogP contribution in [-0.2, 0) is 0 Å². The average Bonchev–Trinajstić information content (AvgIpc) is 1.88. The lowest BCUT2D eigenvalue weighted by Crippen LogP contribution is -1.98. The first-order valence-electron chi connectivity index (χ1n) is 2.92. The molecule has 0 aliphatic rings. The number of carboxylic acids is 1. The molecule has 0 aliphatic carbocycles. The predicted molar refractivity (Wildman–Crippen MR) is 37.0 cm³/mol. The maximum absolute atomic E-state index is 10.4. The number of benzene rings is 1. The van der Waals surface area contributed by atoms with Gasteiger partial charge in [-0.05, 0) is 24.6 Å². The standard InChI is InChI=1S/C8H7O2/c1-6-4-2-3-5-7(6)8(9)10/h2,4-5H,1H3,(H,9,10). The lowest BCUT2D eigenvalue weighted by molar-refractivity contribution is 0.0696. The average molecular weight is 135 g/mol. The number of aryl methyl sites for hydroxylation is 1. The lowest BCUT2D eigenvalue weighted by atomic mass is 10.1. The zero-order chi connectivity index (χ0) is 7.56. The summed E-state index contributed by atoms with van der Waals surface area (Å²) < 4.78 is 0. The Labute approximate surface area is 59.1 Å². The summed E-state index contributed by atoms with van der Waals surface area (Å²) in [6.07, 6.45) is 0. The monoisotopic (exact) mass is 135 g/mol. The van der Waals surface area contributed by atoms with Crippen molar-refractivity contribution in [2.45, 2.75) is 6.92 Å². The molecule has 0 heterocycles. The SMILES string of the molecule is Cc1cc[c]cc1C(=O)O. The van der Waals surface area contributed by atoms with Gasteiger partial charge in [0.1, 0.15) is 0 Å². The largest absolute Gasteiger partial charge is 0.478 e. The molecule has 51 valence electrons. The number of carbonyl (C=O) groups is 1. The summed E-state index contributed by atoms with van der Waals surface area (Å²) in [5, 5.41) is 8.55. The summed E-state index contributed by atoms with van der Waals surface area (Å²) in [4.78, 5) is 10.4. The molecule has 1 radical (unpaired) electrons. The van der Waals surface area contributed by atoms with Crippen LogP contribution in [0.4, 0.5) is 0 Å². The minimum absolute atomic E-state index is 0.322. The van der Waals surface area contributed by atoms with Crippen molar-refractivity contribution in [1.82, 2.24) is 0 Å².